The molecule has 0 bridgehead atoms. The van der Waals surface area contributed by atoms with E-state index in [0.717, 1.165) is 31.4 Å². The van der Waals surface area contributed by atoms with Crippen LogP contribution in [0.4, 0.5) is 0 Å². The molecule has 2 heterocycles. The second-order valence-corrected chi connectivity index (χ2v) is 7.34. The fraction of sp³-hybridized carbons (Fsp3) is 0.455. The lowest BCUT2D eigenvalue weighted by Crippen LogP contribution is -2.40. The Labute approximate surface area is 171 Å². The Bertz CT molecular complexity index is 819. The molecule has 0 spiro atoms. The second-order valence-electron chi connectivity index (χ2n) is 7.34. The highest BCUT2D eigenvalue weighted by Gasteiger charge is 2.25. The maximum atomic E-state index is 12.5. The number of likely N-dealkylation sites (tertiary alicyclic amines) is 1. The standard InChI is InChI=1S/C22H29N3O4/c1-28-18-9-8-17(20(13-18)29-2)14-24-21(26)10-7-16-5-4-12-25(15-16)22(27)19-6-3-11-23-19/h3,6,8-9,11,13,16,23H,4-5,7,10,12,14-15H2,1-2H3,(H,24,26). The van der Waals surface area contributed by atoms with Crippen molar-refractivity contribution in [2.45, 2.75) is 32.2 Å². The molecule has 1 aromatic carbocycles. The van der Waals surface area contributed by atoms with E-state index in [2.05, 4.69) is 10.3 Å². The Morgan fingerprint density at radius 3 is 2.83 bits per heavy atom. The molecule has 1 fully saturated rings. The fourth-order valence-corrected chi connectivity index (χ4v) is 3.73. The van der Waals surface area contributed by atoms with E-state index < -0.39 is 0 Å². The van der Waals surface area contributed by atoms with Gasteiger partial charge in [0.2, 0.25) is 5.91 Å². The van der Waals surface area contributed by atoms with Crippen LogP contribution in [0.2, 0.25) is 0 Å². The molecular formula is C22H29N3O4. The Kier molecular flexibility index (Phi) is 7.16. The smallest absolute Gasteiger partial charge is 0.270 e. The molecule has 0 saturated carbocycles. The number of benzene rings is 1. The van der Waals surface area contributed by atoms with Crippen molar-refractivity contribution in [3.05, 3.63) is 47.8 Å². The number of carbonyl (C=O) groups is 2. The van der Waals surface area contributed by atoms with Crippen LogP contribution in [0.5, 0.6) is 11.5 Å². The average Bonchev–Trinajstić information content (AvgIpc) is 3.30. The van der Waals surface area contributed by atoms with Crippen LogP contribution in [-0.2, 0) is 11.3 Å². The molecule has 7 nitrogen and oxygen atoms in total. The van der Waals surface area contributed by atoms with Gasteiger partial charge in [-0.05, 0) is 49.4 Å². The van der Waals surface area contributed by atoms with Gasteiger partial charge in [-0.1, -0.05) is 0 Å². The van der Waals surface area contributed by atoms with Crippen LogP contribution < -0.4 is 14.8 Å². The van der Waals surface area contributed by atoms with Gasteiger partial charge in [-0.2, -0.15) is 0 Å². The normalized spacial score (nSPS) is 16.3. The maximum Gasteiger partial charge on any atom is 0.270 e. The zero-order valence-corrected chi connectivity index (χ0v) is 17.1. The summed E-state index contributed by atoms with van der Waals surface area (Å²) in [4.78, 5) is 29.7. The number of hydrogen-bond donors (Lipinski definition) is 2. The minimum absolute atomic E-state index is 0.00990. The minimum Gasteiger partial charge on any atom is -0.497 e. The van der Waals surface area contributed by atoms with Crippen molar-refractivity contribution in [1.29, 1.82) is 0 Å². The van der Waals surface area contributed by atoms with Crippen LogP contribution in [0.3, 0.4) is 0 Å². The topological polar surface area (TPSA) is 83.7 Å². The number of ether oxygens (including phenoxy) is 2. The lowest BCUT2D eigenvalue weighted by molar-refractivity contribution is -0.121. The molecule has 29 heavy (non-hydrogen) atoms. The van der Waals surface area contributed by atoms with E-state index in [0.29, 0.717) is 42.6 Å². The molecule has 1 aliphatic heterocycles. The number of aromatic nitrogens is 1. The van der Waals surface area contributed by atoms with Crippen LogP contribution in [0.25, 0.3) is 0 Å². The molecule has 0 radical (unpaired) electrons. The van der Waals surface area contributed by atoms with E-state index in [1.165, 1.54) is 0 Å². The molecule has 1 aromatic heterocycles. The number of amides is 2. The monoisotopic (exact) mass is 399 g/mol. The number of nitrogens with zero attached hydrogens (tertiary/aromatic N) is 1. The highest BCUT2D eigenvalue weighted by molar-refractivity contribution is 5.92. The lowest BCUT2D eigenvalue weighted by atomic mass is 9.93. The number of H-pyrrole nitrogens is 1. The van der Waals surface area contributed by atoms with E-state index in [-0.39, 0.29) is 11.8 Å². The number of rotatable bonds is 8. The van der Waals surface area contributed by atoms with Crippen molar-refractivity contribution < 1.29 is 19.1 Å². The Balaban J connectivity index is 1.45. The van der Waals surface area contributed by atoms with Crippen molar-refractivity contribution in [2.24, 2.45) is 5.92 Å². The van der Waals surface area contributed by atoms with Gasteiger partial charge in [-0.15, -0.1) is 0 Å². The molecule has 1 unspecified atom stereocenters. The molecule has 3 rings (SSSR count). The van der Waals surface area contributed by atoms with Gasteiger partial charge in [0.25, 0.3) is 5.91 Å². The van der Waals surface area contributed by atoms with Crippen LogP contribution in [0, 0.1) is 5.92 Å². The van der Waals surface area contributed by atoms with Gasteiger partial charge < -0.3 is 24.7 Å². The number of nitrogens with one attached hydrogen (secondary N) is 2. The van der Waals surface area contributed by atoms with E-state index >= 15 is 0 Å². The lowest BCUT2D eigenvalue weighted by Gasteiger charge is -2.32. The van der Waals surface area contributed by atoms with Crippen LogP contribution in [0.15, 0.2) is 36.5 Å². The third kappa shape index (κ3) is 5.53. The van der Waals surface area contributed by atoms with Gasteiger partial charge >= 0.3 is 0 Å². The highest BCUT2D eigenvalue weighted by atomic mass is 16.5. The fourth-order valence-electron chi connectivity index (χ4n) is 3.73. The number of hydrogen-bond acceptors (Lipinski definition) is 4. The first-order valence-electron chi connectivity index (χ1n) is 10.0. The van der Waals surface area contributed by atoms with Crippen molar-refractivity contribution in [1.82, 2.24) is 15.2 Å². The average molecular weight is 399 g/mol. The Hall–Kier alpha value is -2.96. The summed E-state index contributed by atoms with van der Waals surface area (Å²) in [6.45, 7) is 1.89. The predicted octanol–water partition coefficient (Wildman–Crippen LogP) is 2.98. The zero-order valence-electron chi connectivity index (χ0n) is 17.1. The van der Waals surface area contributed by atoms with Gasteiger partial charge in [-0.3, -0.25) is 9.59 Å². The first-order chi connectivity index (χ1) is 14.1. The summed E-state index contributed by atoms with van der Waals surface area (Å²) in [5, 5.41) is 2.96. The molecule has 0 aliphatic carbocycles. The zero-order chi connectivity index (χ0) is 20.6. The van der Waals surface area contributed by atoms with Crippen LogP contribution >= 0.6 is 0 Å². The van der Waals surface area contributed by atoms with Crippen molar-refractivity contribution in [2.75, 3.05) is 27.3 Å². The molecule has 1 atom stereocenters. The largest absolute Gasteiger partial charge is 0.497 e. The van der Waals surface area contributed by atoms with E-state index in [1.807, 2.05) is 23.1 Å². The summed E-state index contributed by atoms with van der Waals surface area (Å²) in [5.74, 6) is 1.80. The van der Waals surface area contributed by atoms with Crippen molar-refractivity contribution >= 4 is 11.8 Å². The summed E-state index contributed by atoms with van der Waals surface area (Å²) in [6.07, 6.45) is 5.01. The van der Waals surface area contributed by atoms with Crippen LogP contribution in [0.1, 0.15) is 41.7 Å². The van der Waals surface area contributed by atoms with Gasteiger partial charge in [0.05, 0.1) is 14.2 Å². The Morgan fingerprint density at radius 1 is 1.24 bits per heavy atom. The highest BCUT2D eigenvalue weighted by Crippen LogP contribution is 2.25. The second kappa shape index (κ2) is 10.0. The van der Waals surface area contributed by atoms with Gasteiger partial charge in [0.1, 0.15) is 17.2 Å². The molecule has 2 aromatic rings. The first kappa shape index (κ1) is 20.8. The molecule has 7 heteroatoms. The molecule has 2 N–H and O–H groups in total. The molecule has 156 valence electrons. The summed E-state index contributed by atoms with van der Waals surface area (Å²) < 4.78 is 10.6. The van der Waals surface area contributed by atoms with E-state index in [9.17, 15) is 9.59 Å². The van der Waals surface area contributed by atoms with Gasteiger partial charge in [0, 0.05) is 43.9 Å². The van der Waals surface area contributed by atoms with E-state index in [1.54, 1.807) is 32.5 Å². The SMILES string of the molecule is COc1ccc(CNC(=O)CCC2CCCN(C(=O)c3ccc[nH]3)C2)c(OC)c1. The van der Waals surface area contributed by atoms with Crippen molar-refractivity contribution in [3.63, 3.8) is 0 Å². The molecule has 1 saturated heterocycles. The van der Waals surface area contributed by atoms with Gasteiger partial charge in [-0.25, -0.2) is 0 Å². The summed E-state index contributed by atoms with van der Waals surface area (Å²) in [5.41, 5.74) is 1.53. The third-order valence-corrected chi connectivity index (χ3v) is 5.38. The summed E-state index contributed by atoms with van der Waals surface area (Å²) >= 11 is 0. The molecule has 1 aliphatic rings. The summed E-state index contributed by atoms with van der Waals surface area (Å²) in [7, 11) is 3.21. The number of carbonyl (C=O) groups excluding carboxylic acids is 2. The van der Waals surface area contributed by atoms with Gasteiger partial charge in [0.15, 0.2) is 0 Å². The number of aromatic amines is 1. The Morgan fingerprint density at radius 2 is 2.10 bits per heavy atom. The third-order valence-electron chi connectivity index (χ3n) is 5.38. The molecular weight excluding hydrogens is 370 g/mol. The predicted molar refractivity (Wildman–Crippen MR) is 110 cm³/mol. The van der Waals surface area contributed by atoms with Crippen LogP contribution in [-0.4, -0.2) is 49.0 Å². The maximum absolute atomic E-state index is 12.5. The first-order valence-corrected chi connectivity index (χ1v) is 10.0. The quantitative estimate of drug-likeness (QED) is 0.715. The number of methoxy groups -OCH3 is 2. The summed E-state index contributed by atoms with van der Waals surface area (Å²) in [6, 6.07) is 9.17. The molecule has 2 amide bonds. The minimum atomic E-state index is 0.00990. The van der Waals surface area contributed by atoms with E-state index in [4.69, 9.17) is 9.47 Å². The van der Waals surface area contributed by atoms with Crippen molar-refractivity contribution in [3.8, 4) is 11.5 Å². The number of piperidine rings is 1.